The maximum Gasteiger partial charge on any atom is 0.252 e. The first-order chi connectivity index (χ1) is 11.6. The number of nitrogens with zero attached hydrogens (tertiary/aromatic N) is 2. The molecule has 5 heteroatoms. The fourth-order valence-electron chi connectivity index (χ4n) is 3.01. The number of para-hydroxylation sites is 1. The monoisotopic (exact) mass is 325 g/mol. The average molecular weight is 325 g/mol. The highest BCUT2D eigenvalue weighted by Crippen LogP contribution is 2.22. The lowest BCUT2D eigenvalue weighted by Crippen LogP contribution is -2.38. The summed E-state index contributed by atoms with van der Waals surface area (Å²) in [5.74, 6) is -0.00118. The van der Waals surface area contributed by atoms with Crippen LogP contribution in [0.15, 0.2) is 30.3 Å². The molecule has 0 spiro atoms. The third-order valence-electron chi connectivity index (χ3n) is 4.43. The number of pyridine rings is 1. The minimum absolute atomic E-state index is 0.0108. The van der Waals surface area contributed by atoms with Gasteiger partial charge in [-0.15, -0.1) is 0 Å². The van der Waals surface area contributed by atoms with Crippen molar-refractivity contribution in [3.63, 3.8) is 0 Å². The Hall–Kier alpha value is -2.43. The van der Waals surface area contributed by atoms with Crippen molar-refractivity contribution in [3.8, 4) is 0 Å². The second-order valence-electron chi connectivity index (χ2n) is 6.54. The van der Waals surface area contributed by atoms with Crippen molar-refractivity contribution >= 4 is 22.7 Å². The number of carbonyl (C=O) groups excluding carboxylic acids is 2. The van der Waals surface area contributed by atoms with E-state index in [0.29, 0.717) is 5.56 Å². The maximum atomic E-state index is 12.6. The number of amides is 2. The van der Waals surface area contributed by atoms with Crippen molar-refractivity contribution in [3.05, 3.63) is 41.6 Å². The first-order valence-electron chi connectivity index (χ1n) is 8.52. The molecule has 5 nitrogen and oxygen atoms in total. The standard InChI is InChI=1S/C19H23N3O2/c1-13(2)17-11-15(14-7-3-4-8-16(14)21-17)19(24)20-12-18(23)22-9-5-6-10-22/h3-4,7-8,11,13H,5-6,9-10,12H2,1-2H3,(H,20,24). The lowest BCUT2D eigenvalue weighted by molar-refractivity contribution is -0.129. The maximum absolute atomic E-state index is 12.6. The zero-order valence-corrected chi connectivity index (χ0v) is 14.2. The SMILES string of the molecule is CC(C)c1cc(C(=O)NCC(=O)N2CCCC2)c2ccccc2n1. The highest BCUT2D eigenvalue weighted by Gasteiger charge is 2.19. The van der Waals surface area contributed by atoms with Crippen LogP contribution >= 0.6 is 0 Å². The van der Waals surface area contributed by atoms with Gasteiger partial charge in [-0.05, 0) is 30.9 Å². The van der Waals surface area contributed by atoms with Gasteiger partial charge in [0.25, 0.3) is 5.91 Å². The molecule has 1 aliphatic heterocycles. The van der Waals surface area contributed by atoms with Gasteiger partial charge >= 0.3 is 0 Å². The first-order valence-corrected chi connectivity index (χ1v) is 8.52. The molecular weight excluding hydrogens is 302 g/mol. The summed E-state index contributed by atoms with van der Waals surface area (Å²) in [5, 5.41) is 3.59. The molecule has 0 unspecified atom stereocenters. The van der Waals surface area contributed by atoms with Crippen LogP contribution in [0.25, 0.3) is 10.9 Å². The normalized spacial score (nSPS) is 14.4. The summed E-state index contributed by atoms with van der Waals surface area (Å²) >= 11 is 0. The van der Waals surface area contributed by atoms with Gasteiger partial charge in [0.1, 0.15) is 0 Å². The molecule has 2 heterocycles. The summed E-state index contributed by atoms with van der Waals surface area (Å²) < 4.78 is 0. The molecule has 24 heavy (non-hydrogen) atoms. The molecular formula is C19H23N3O2. The van der Waals surface area contributed by atoms with E-state index < -0.39 is 0 Å². The van der Waals surface area contributed by atoms with Crippen LogP contribution in [0.4, 0.5) is 0 Å². The Bertz CT molecular complexity index is 764. The minimum Gasteiger partial charge on any atom is -0.343 e. The number of aromatic nitrogens is 1. The predicted octanol–water partition coefficient (Wildman–Crippen LogP) is 2.71. The molecule has 0 radical (unpaired) electrons. The quantitative estimate of drug-likeness (QED) is 0.940. The van der Waals surface area contributed by atoms with Crippen molar-refractivity contribution in [1.29, 1.82) is 0 Å². The second-order valence-corrected chi connectivity index (χ2v) is 6.54. The third kappa shape index (κ3) is 3.40. The van der Waals surface area contributed by atoms with Crippen molar-refractivity contribution < 1.29 is 9.59 Å². The Morgan fingerprint density at radius 2 is 1.92 bits per heavy atom. The molecule has 1 aromatic carbocycles. The topological polar surface area (TPSA) is 62.3 Å². The number of likely N-dealkylation sites (tertiary alicyclic amines) is 1. The molecule has 1 aromatic heterocycles. The van der Waals surface area contributed by atoms with Crippen LogP contribution in [0.1, 0.15) is 48.7 Å². The summed E-state index contributed by atoms with van der Waals surface area (Å²) in [6, 6.07) is 9.45. The van der Waals surface area contributed by atoms with Crippen LogP contribution in [-0.2, 0) is 4.79 Å². The number of carbonyl (C=O) groups is 2. The Morgan fingerprint density at radius 3 is 2.62 bits per heavy atom. The van der Waals surface area contributed by atoms with E-state index in [2.05, 4.69) is 24.1 Å². The number of hydrogen-bond donors (Lipinski definition) is 1. The van der Waals surface area contributed by atoms with Crippen molar-refractivity contribution in [2.75, 3.05) is 19.6 Å². The van der Waals surface area contributed by atoms with Gasteiger partial charge in [0.05, 0.1) is 17.6 Å². The van der Waals surface area contributed by atoms with Gasteiger partial charge in [0.2, 0.25) is 5.91 Å². The van der Waals surface area contributed by atoms with Gasteiger partial charge in [-0.25, -0.2) is 0 Å². The molecule has 1 fully saturated rings. The summed E-state index contributed by atoms with van der Waals surface area (Å²) in [6.45, 7) is 5.74. The fraction of sp³-hybridized carbons (Fsp3) is 0.421. The number of nitrogens with one attached hydrogen (secondary N) is 1. The molecule has 2 amide bonds. The molecule has 1 saturated heterocycles. The number of benzene rings is 1. The van der Waals surface area contributed by atoms with Crippen molar-refractivity contribution in [2.45, 2.75) is 32.6 Å². The zero-order chi connectivity index (χ0) is 17.1. The molecule has 0 atom stereocenters. The van der Waals surface area contributed by atoms with Gasteiger partial charge in [-0.1, -0.05) is 32.0 Å². The van der Waals surface area contributed by atoms with Crippen LogP contribution in [-0.4, -0.2) is 41.3 Å². The van der Waals surface area contributed by atoms with E-state index in [1.807, 2.05) is 35.2 Å². The van der Waals surface area contributed by atoms with E-state index in [4.69, 9.17) is 0 Å². The van der Waals surface area contributed by atoms with Gasteiger partial charge in [-0.3, -0.25) is 14.6 Å². The largest absolute Gasteiger partial charge is 0.343 e. The number of hydrogen-bond acceptors (Lipinski definition) is 3. The van der Waals surface area contributed by atoms with E-state index in [0.717, 1.165) is 42.5 Å². The lowest BCUT2D eigenvalue weighted by atomic mass is 10.0. The van der Waals surface area contributed by atoms with E-state index in [1.165, 1.54) is 0 Å². The number of fused-ring (bicyclic) bond motifs is 1. The first kappa shape index (κ1) is 16.4. The highest BCUT2D eigenvalue weighted by molar-refractivity contribution is 6.07. The molecule has 126 valence electrons. The molecule has 1 aliphatic rings. The zero-order valence-electron chi connectivity index (χ0n) is 14.2. The lowest BCUT2D eigenvalue weighted by Gasteiger charge is -2.16. The smallest absolute Gasteiger partial charge is 0.252 e. The summed E-state index contributed by atoms with van der Waals surface area (Å²) in [4.78, 5) is 31.2. The summed E-state index contributed by atoms with van der Waals surface area (Å²) in [7, 11) is 0. The fourth-order valence-corrected chi connectivity index (χ4v) is 3.01. The second kappa shape index (κ2) is 6.99. The average Bonchev–Trinajstić information content (AvgIpc) is 3.13. The molecule has 1 N–H and O–H groups in total. The molecule has 0 saturated carbocycles. The highest BCUT2D eigenvalue weighted by atomic mass is 16.2. The van der Waals surface area contributed by atoms with E-state index in [-0.39, 0.29) is 24.3 Å². The Morgan fingerprint density at radius 1 is 1.21 bits per heavy atom. The number of rotatable bonds is 4. The Kier molecular flexibility index (Phi) is 4.79. The van der Waals surface area contributed by atoms with Gasteiger partial charge in [-0.2, -0.15) is 0 Å². The Labute approximate surface area is 142 Å². The van der Waals surface area contributed by atoms with E-state index in [9.17, 15) is 9.59 Å². The molecule has 0 aliphatic carbocycles. The van der Waals surface area contributed by atoms with Crippen molar-refractivity contribution in [2.24, 2.45) is 0 Å². The van der Waals surface area contributed by atoms with Crippen LogP contribution in [0.5, 0.6) is 0 Å². The minimum atomic E-state index is -0.219. The van der Waals surface area contributed by atoms with Crippen LogP contribution in [0.2, 0.25) is 0 Å². The van der Waals surface area contributed by atoms with Crippen LogP contribution < -0.4 is 5.32 Å². The summed E-state index contributed by atoms with van der Waals surface area (Å²) in [6.07, 6.45) is 2.10. The molecule has 0 bridgehead atoms. The van der Waals surface area contributed by atoms with Gasteiger partial charge < -0.3 is 10.2 Å². The molecule has 2 aromatic rings. The van der Waals surface area contributed by atoms with Crippen LogP contribution in [0.3, 0.4) is 0 Å². The Balaban J connectivity index is 1.81. The van der Waals surface area contributed by atoms with Crippen molar-refractivity contribution in [1.82, 2.24) is 15.2 Å². The van der Waals surface area contributed by atoms with Gasteiger partial charge in [0, 0.05) is 24.2 Å². The third-order valence-corrected chi connectivity index (χ3v) is 4.43. The predicted molar refractivity (Wildman–Crippen MR) is 94.0 cm³/mol. The summed E-state index contributed by atoms with van der Waals surface area (Å²) in [5.41, 5.74) is 2.27. The van der Waals surface area contributed by atoms with Gasteiger partial charge in [0.15, 0.2) is 0 Å². The van der Waals surface area contributed by atoms with E-state index in [1.54, 1.807) is 0 Å². The van der Waals surface area contributed by atoms with Crippen LogP contribution in [0, 0.1) is 0 Å². The molecule has 3 rings (SSSR count). The van der Waals surface area contributed by atoms with E-state index >= 15 is 0 Å².